The van der Waals surface area contributed by atoms with Crippen molar-refractivity contribution in [3.05, 3.63) is 40.6 Å². The first kappa shape index (κ1) is 22.8. The predicted octanol–water partition coefficient (Wildman–Crippen LogP) is 4.56. The van der Waals surface area contributed by atoms with E-state index in [1.807, 2.05) is 19.1 Å². The Morgan fingerprint density at radius 3 is 2.73 bits per heavy atom. The Hall–Kier alpha value is -1.86. The number of methoxy groups -OCH3 is 1. The van der Waals surface area contributed by atoms with Crippen molar-refractivity contribution < 1.29 is 8.95 Å². The van der Waals surface area contributed by atoms with Crippen molar-refractivity contribution in [3.63, 3.8) is 0 Å². The highest BCUT2D eigenvalue weighted by atomic mass is 32.2. The smallest absolute Gasteiger partial charge is 0.191 e. The van der Waals surface area contributed by atoms with Gasteiger partial charge in [0.2, 0.25) is 0 Å². The normalized spacial score (nSPS) is 20.6. The summed E-state index contributed by atoms with van der Waals surface area (Å²) in [4.78, 5) is 6.04. The molecule has 0 amide bonds. The Morgan fingerprint density at radius 1 is 1.23 bits per heavy atom. The van der Waals surface area contributed by atoms with Crippen LogP contribution in [-0.2, 0) is 17.3 Å². The lowest BCUT2D eigenvalue weighted by molar-refractivity contribution is 0.413. The lowest BCUT2D eigenvalue weighted by Crippen LogP contribution is -2.46. The number of hydrogen-bond donors (Lipinski definition) is 2. The number of nitrogens with one attached hydrogen (secondary N) is 2. The van der Waals surface area contributed by atoms with E-state index >= 15 is 0 Å². The largest absolute Gasteiger partial charge is 0.497 e. The van der Waals surface area contributed by atoms with Crippen molar-refractivity contribution in [3.8, 4) is 16.9 Å². The van der Waals surface area contributed by atoms with E-state index in [0.717, 1.165) is 49.7 Å². The Labute approximate surface area is 186 Å². The highest BCUT2D eigenvalue weighted by Gasteiger charge is 2.26. The Bertz CT molecular complexity index is 848. The van der Waals surface area contributed by atoms with E-state index < -0.39 is 10.8 Å². The van der Waals surface area contributed by atoms with Crippen molar-refractivity contribution in [2.24, 2.45) is 4.99 Å². The SMILES string of the molecule is CCNC(=NCc1cc(-c2ccc(OC)cc2)cs1)NC1CCCC(S(=O)CC)C1. The molecule has 2 N–H and O–H groups in total. The molecular weight excluding hydrogens is 414 g/mol. The van der Waals surface area contributed by atoms with Gasteiger partial charge in [0.25, 0.3) is 0 Å². The molecule has 1 aromatic heterocycles. The minimum atomic E-state index is -0.710. The standard InChI is InChI=1S/C23H33N3O2S2/c1-4-24-23(26-19-7-6-8-22(14-19)30(27)5-2)25-15-21-13-18(16-29-21)17-9-11-20(28-3)12-10-17/h9-13,16,19,22H,4-8,14-15H2,1-3H3,(H2,24,25,26). The van der Waals surface area contributed by atoms with E-state index in [1.54, 1.807) is 18.4 Å². The summed E-state index contributed by atoms with van der Waals surface area (Å²) in [6, 6.07) is 10.7. The van der Waals surface area contributed by atoms with Gasteiger partial charge in [-0.2, -0.15) is 0 Å². The highest BCUT2D eigenvalue weighted by molar-refractivity contribution is 7.85. The number of thiophene rings is 1. The van der Waals surface area contributed by atoms with Gasteiger partial charge in [-0.05, 0) is 60.9 Å². The molecule has 0 saturated heterocycles. The van der Waals surface area contributed by atoms with Gasteiger partial charge < -0.3 is 15.4 Å². The zero-order valence-corrected chi connectivity index (χ0v) is 19.8. The lowest BCUT2D eigenvalue weighted by atomic mass is 9.95. The molecule has 1 aromatic carbocycles. The molecule has 1 aliphatic rings. The van der Waals surface area contributed by atoms with Crippen LogP contribution in [0.15, 0.2) is 40.7 Å². The van der Waals surface area contributed by atoms with E-state index in [-0.39, 0.29) is 0 Å². The van der Waals surface area contributed by atoms with Gasteiger partial charge >= 0.3 is 0 Å². The number of rotatable bonds is 8. The second kappa shape index (κ2) is 11.5. The molecule has 0 aliphatic heterocycles. The van der Waals surface area contributed by atoms with Gasteiger partial charge in [0.1, 0.15) is 5.75 Å². The Balaban J connectivity index is 1.62. The Kier molecular flexibility index (Phi) is 8.75. The zero-order chi connectivity index (χ0) is 21.3. The topological polar surface area (TPSA) is 62.7 Å². The summed E-state index contributed by atoms with van der Waals surface area (Å²) in [5.41, 5.74) is 2.40. The molecular formula is C23H33N3O2S2. The molecule has 3 rings (SSSR count). The van der Waals surface area contributed by atoms with Crippen LogP contribution in [0.2, 0.25) is 0 Å². The summed E-state index contributed by atoms with van der Waals surface area (Å²) in [7, 11) is 0.973. The third-order valence-electron chi connectivity index (χ3n) is 5.44. The van der Waals surface area contributed by atoms with Gasteiger partial charge in [-0.3, -0.25) is 4.21 Å². The van der Waals surface area contributed by atoms with Crippen molar-refractivity contribution in [2.45, 2.75) is 57.4 Å². The number of hydrogen-bond acceptors (Lipinski definition) is 4. The van der Waals surface area contributed by atoms with Gasteiger partial charge in [-0.1, -0.05) is 25.5 Å². The first-order valence-electron chi connectivity index (χ1n) is 10.8. The molecule has 164 valence electrons. The van der Waals surface area contributed by atoms with E-state index in [1.165, 1.54) is 16.0 Å². The molecule has 1 fully saturated rings. The van der Waals surface area contributed by atoms with E-state index in [9.17, 15) is 4.21 Å². The summed E-state index contributed by atoms with van der Waals surface area (Å²) >= 11 is 1.73. The quantitative estimate of drug-likeness (QED) is 0.460. The van der Waals surface area contributed by atoms with Crippen LogP contribution in [0.3, 0.4) is 0 Å². The molecule has 0 spiro atoms. The van der Waals surface area contributed by atoms with Crippen LogP contribution >= 0.6 is 11.3 Å². The zero-order valence-electron chi connectivity index (χ0n) is 18.1. The van der Waals surface area contributed by atoms with Gasteiger partial charge in [0.05, 0.1) is 13.7 Å². The van der Waals surface area contributed by atoms with Crippen LogP contribution in [-0.4, -0.2) is 40.9 Å². The van der Waals surface area contributed by atoms with Crippen LogP contribution in [0, 0.1) is 0 Å². The van der Waals surface area contributed by atoms with Crippen molar-refractivity contribution >= 4 is 28.1 Å². The molecule has 3 atom stereocenters. The maximum Gasteiger partial charge on any atom is 0.191 e. The maximum atomic E-state index is 12.2. The molecule has 30 heavy (non-hydrogen) atoms. The van der Waals surface area contributed by atoms with Crippen LogP contribution in [0.5, 0.6) is 5.75 Å². The number of nitrogens with zero attached hydrogens (tertiary/aromatic N) is 1. The third-order valence-corrected chi connectivity index (χ3v) is 8.10. The van der Waals surface area contributed by atoms with Crippen LogP contribution in [0.25, 0.3) is 11.1 Å². The molecule has 2 aromatic rings. The molecule has 1 heterocycles. The van der Waals surface area contributed by atoms with Crippen LogP contribution in [0.4, 0.5) is 0 Å². The summed E-state index contributed by atoms with van der Waals surface area (Å²) in [6.07, 6.45) is 4.28. The van der Waals surface area contributed by atoms with Crippen LogP contribution < -0.4 is 15.4 Å². The summed E-state index contributed by atoms with van der Waals surface area (Å²) in [5.74, 6) is 2.47. The fourth-order valence-electron chi connectivity index (χ4n) is 3.82. The average Bonchev–Trinajstić information content (AvgIpc) is 3.26. The Morgan fingerprint density at radius 2 is 2.03 bits per heavy atom. The number of aliphatic imine (C=N–C) groups is 1. The maximum absolute atomic E-state index is 12.2. The molecule has 0 radical (unpaired) electrons. The number of guanidine groups is 1. The summed E-state index contributed by atoms with van der Waals surface area (Å²) in [5, 5.41) is 9.44. The van der Waals surface area contributed by atoms with E-state index in [4.69, 9.17) is 9.73 Å². The van der Waals surface area contributed by atoms with Crippen molar-refractivity contribution in [1.29, 1.82) is 0 Å². The number of benzene rings is 1. The minimum Gasteiger partial charge on any atom is -0.497 e. The lowest BCUT2D eigenvalue weighted by Gasteiger charge is -2.30. The van der Waals surface area contributed by atoms with Gasteiger partial charge in [-0.25, -0.2) is 4.99 Å². The molecule has 7 heteroatoms. The van der Waals surface area contributed by atoms with Gasteiger partial charge in [0.15, 0.2) is 5.96 Å². The molecule has 1 aliphatic carbocycles. The second-order valence-electron chi connectivity index (χ2n) is 7.52. The van der Waals surface area contributed by atoms with E-state index in [0.29, 0.717) is 17.8 Å². The minimum absolute atomic E-state index is 0.313. The van der Waals surface area contributed by atoms with Gasteiger partial charge in [0, 0.05) is 39.3 Å². The first-order chi connectivity index (χ1) is 14.6. The van der Waals surface area contributed by atoms with Crippen molar-refractivity contribution in [1.82, 2.24) is 10.6 Å². The molecule has 0 bridgehead atoms. The predicted molar refractivity (Wildman–Crippen MR) is 129 cm³/mol. The fourth-order valence-corrected chi connectivity index (χ4v) is 5.98. The number of ether oxygens (including phenoxy) is 1. The average molecular weight is 448 g/mol. The summed E-state index contributed by atoms with van der Waals surface area (Å²) in [6.45, 7) is 5.57. The molecule has 5 nitrogen and oxygen atoms in total. The second-order valence-corrected chi connectivity index (χ2v) is 10.5. The molecule has 3 unspecified atom stereocenters. The van der Waals surface area contributed by atoms with E-state index in [2.05, 4.69) is 41.1 Å². The summed E-state index contributed by atoms with van der Waals surface area (Å²) < 4.78 is 17.5. The monoisotopic (exact) mass is 447 g/mol. The molecule has 1 saturated carbocycles. The first-order valence-corrected chi connectivity index (χ1v) is 13.0. The highest BCUT2D eigenvalue weighted by Crippen LogP contribution is 2.28. The van der Waals surface area contributed by atoms with Crippen molar-refractivity contribution in [2.75, 3.05) is 19.4 Å². The third kappa shape index (κ3) is 6.32. The van der Waals surface area contributed by atoms with Crippen LogP contribution in [0.1, 0.15) is 44.4 Å². The fraction of sp³-hybridized carbons (Fsp3) is 0.522. The van der Waals surface area contributed by atoms with Gasteiger partial charge in [-0.15, -0.1) is 11.3 Å².